The van der Waals surface area contributed by atoms with Crippen molar-refractivity contribution in [1.29, 1.82) is 0 Å². The maximum absolute atomic E-state index is 12.9. The lowest BCUT2D eigenvalue weighted by Gasteiger charge is -2.40. The van der Waals surface area contributed by atoms with Crippen molar-refractivity contribution in [2.45, 2.75) is 11.8 Å². The predicted octanol–water partition coefficient (Wildman–Crippen LogP) is 2.88. The summed E-state index contributed by atoms with van der Waals surface area (Å²) in [5, 5.41) is 0. The van der Waals surface area contributed by atoms with E-state index in [0.717, 1.165) is 24.1 Å². The van der Waals surface area contributed by atoms with E-state index in [2.05, 4.69) is 29.2 Å². The molecule has 0 aliphatic carbocycles. The molecule has 1 aliphatic heterocycles. The van der Waals surface area contributed by atoms with E-state index in [0.29, 0.717) is 12.3 Å². The molecule has 1 heterocycles. The highest BCUT2D eigenvalue weighted by Crippen LogP contribution is 2.39. The van der Waals surface area contributed by atoms with Crippen molar-refractivity contribution in [2.24, 2.45) is 0 Å². The molecule has 102 valence electrons. The van der Waals surface area contributed by atoms with Gasteiger partial charge < -0.3 is 0 Å². The quantitative estimate of drug-likeness (QED) is 0.832. The van der Waals surface area contributed by atoms with Crippen LogP contribution >= 0.6 is 0 Å². The number of ketones is 1. The molecule has 2 heteroatoms. The van der Waals surface area contributed by atoms with E-state index in [-0.39, 0.29) is 0 Å². The van der Waals surface area contributed by atoms with E-state index < -0.39 is 5.41 Å². The normalized spacial score (nSPS) is 18.9. The van der Waals surface area contributed by atoms with Crippen molar-refractivity contribution in [2.75, 3.05) is 20.1 Å². The van der Waals surface area contributed by atoms with Crippen molar-refractivity contribution in [3.63, 3.8) is 0 Å². The molecule has 0 amide bonds. The van der Waals surface area contributed by atoms with Crippen LogP contribution in [0.25, 0.3) is 0 Å². The van der Waals surface area contributed by atoms with Crippen LogP contribution in [0.3, 0.4) is 0 Å². The van der Waals surface area contributed by atoms with Gasteiger partial charge in [-0.05, 0) is 31.1 Å². The van der Waals surface area contributed by atoms with Gasteiger partial charge in [0.2, 0.25) is 0 Å². The largest absolute Gasteiger partial charge is 0.299 e. The summed E-state index contributed by atoms with van der Waals surface area (Å²) in [6.45, 7) is 1.46. The first-order valence-electron chi connectivity index (χ1n) is 7.06. The molecule has 2 nitrogen and oxygen atoms in total. The summed E-state index contributed by atoms with van der Waals surface area (Å²) >= 11 is 0. The minimum Gasteiger partial charge on any atom is -0.299 e. The van der Waals surface area contributed by atoms with Gasteiger partial charge in [0.1, 0.15) is 0 Å². The first-order valence-corrected chi connectivity index (χ1v) is 7.06. The van der Waals surface area contributed by atoms with Crippen LogP contribution in [0.4, 0.5) is 0 Å². The number of carbonyl (C=O) groups is 1. The Hall–Kier alpha value is -1.93. The number of hydrogen-bond acceptors (Lipinski definition) is 2. The van der Waals surface area contributed by atoms with Crippen molar-refractivity contribution in [3.8, 4) is 0 Å². The summed E-state index contributed by atoms with van der Waals surface area (Å²) in [7, 11) is 2.01. The monoisotopic (exact) mass is 265 g/mol. The SMILES string of the molecule is CN1CCC(c2ccccc2)(c2ccccc2)C(=O)C1. The van der Waals surface area contributed by atoms with Crippen molar-refractivity contribution >= 4 is 5.78 Å². The lowest BCUT2D eigenvalue weighted by Crippen LogP contribution is -2.50. The van der Waals surface area contributed by atoms with Crippen molar-refractivity contribution < 1.29 is 4.79 Å². The number of benzene rings is 2. The number of piperidine rings is 1. The number of hydrogen-bond donors (Lipinski definition) is 0. The van der Waals surface area contributed by atoms with Crippen molar-refractivity contribution in [1.82, 2.24) is 4.90 Å². The summed E-state index contributed by atoms with van der Waals surface area (Å²) < 4.78 is 0. The van der Waals surface area contributed by atoms with Crippen LogP contribution in [-0.2, 0) is 10.2 Å². The molecule has 0 N–H and O–H groups in total. The first-order chi connectivity index (χ1) is 9.73. The second-order valence-electron chi connectivity index (χ2n) is 5.55. The van der Waals surface area contributed by atoms with Crippen LogP contribution in [0, 0.1) is 0 Å². The molecule has 0 bridgehead atoms. The van der Waals surface area contributed by atoms with Crippen LogP contribution in [-0.4, -0.2) is 30.8 Å². The second kappa shape index (κ2) is 5.22. The molecular formula is C18H19NO. The summed E-state index contributed by atoms with van der Waals surface area (Å²) in [5.74, 6) is 0.295. The molecule has 0 spiro atoms. The highest BCUT2D eigenvalue weighted by Gasteiger charge is 2.44. The number of carbonyl (C=O) groups excluding carboxylic acids is 1. The van der Waals surface area contributed by atoms with Crippen LogP contribution in [0.2, 0.25) is 0 Å². The smallest absolute Gasteiger partial charge is 0.161 e. The van der Waals surface area contributed by atoms with Crippen LogP contribution in [0.1, 0.15) is 17.5 Å². The molecule has 1 saturated heterocycles. The third-order valence-electron chi connectivity index (χ3n) is 4.29. The van der Waals surface area contributed by atoms with Gasteiger partial charge in [0.05, 0.1) is 12.0 Å². The van der Waals surface area contributed by atoms with E-state index in [1.54, 1.807) is 0 Å². The van der Waals surface area contributed by atoms with E-state index in [1.807, 2.05) is 43.4 Å². The Kier molecular flexibility index (Phi) is 3.41. The van der Waals surface area contributed by atoms with Gasteiger partial charge in [0.25, 0.3) is 0 Å². The van der Waals surface area contributed by atoms with E-state index in [4.69, 9.17) is 0 Å². The first kappa shape index (κ1) is 13.1. The minimum absolute atomic E-state index is 0.295. The molecule has 0 saturated carbocycles. The van der Waals surface area contributed by atoms with Gasteiger partial charge in [0.15, 0.2) is 5.78 Å². The fourth-order valence-electron chi connectivity index (χ4n) is 3.18. The highest BCUT2D eigenvalue weighted by molar-refractivity contribution is 5.96. The molecular weight excluding hydrogens is 246 g/mol. The summed E-state index contributed by atoms with van der Waals surface area (Å²) in [4.78, 5) is 15.0. The molecule has 0 unspecified atom stereocenters. The van der Waals surface area contributed by atoms with Crippen LogP contribution in [0.5, 0.6) is 0 Å². The Morgan fingerprint density at radius 2 is 1.40 bits per heavy atom. The van der Waals surface area contributed by atoms with Crippen molar-refractivity contribution in [3.05, 3.63) is 71.8 Å². The number of Topliss-reactive ketones (excluding diaryl/α,β-unsaturated/α-hetero) is 1. The zero-order valence-corrected chi connectivity index (χ0v) is 11.8. The van der Waals surface area contributed by atoms with E-state index in [1.165, 1.54) is 0 Å². The van der Waals surface area contributed by atoms with Crippen LogP contribution < -0.4 is 0 Å². The van der Waals surface area contributed by atoms with Gasteiger partial charge in [-0.15, -0.1) is 0 Å². The molecule has 1 fully saturated rings. The number of rotatable bonds is 2. The zero-order valence-electron chi connectivity index (χ0n) is 11.8. The second-order valence-corrected chi connectivity index (χ2v) is 5.55. The van der Waals surface area contributed by atoms with Gasteiger partial charge >= 0.3 is 0 Å². The maximum atomic E-state index is 12.9. The lowest BCUT2D eigenvalue weighted by molar-refractivity contribution is -0.126. The average Bonchev–Trinajstić information content (AvgIpc) is 2.50. The number of likely N-dealkylation sites (tertiary alicyclic amines) is 1. The van der Waals surface area contributed by atoms with Crippen LogP contribution in [0.15, 0.2) is 60.7 Å². The fraction of sp³-hybridized carbons (Fsp3) is 0.278. The Bertz CT molecular complexity index is 552. The molecule has 0 atom stereocenters. The molecule has 2 aromatic carbocycles. The van der Waals surface area contributed by atoms with Gasteiger partial charge in [-0.2, -0.15) is 0 Å². The molecule has 0 aromatic heterocycles. The lowest BCUT2D eigenvalue weighted by atomic mass is 9.67. The molecule has 2 aromatic rings. The molecule has 3 rings (SSSR count). The van der Waals surface area contributed by atoms with E-state index >= 15 is 0 Å². The topological polar surface area (TPSA) is 20.3 Å². The standard InChI is InChI=1S/C18H19NO/c1-19-13-12-18(17(20)14-19,15-8-4-2-5-9-15)16-10-6-3-7-11-16/h2-11H,12-14H2,1H3. The van der Waals surface area contributed by atoms with Gasteiger partial charge in [-0.3, -0.25) is 9.69 Å². The summed E-state index contributed by atoms with van der Waals surface area (Å²) in [6.07, 6.45) is 0.844. The van der Waals surface area contributed by atoms with E-state index in [9.17, 15) is 4.79 Å². The maximum Gasteiger partial charge on any atom is 0.161 e. The highest BCUT2D eigenvalue weighted by atomic mass is 16.1. The number of nitrogens with zero attached hydrogens (tertiary/aromatic N) is 1. The molecule has 20 heavy (non-hydrogen) atoms. The summed E-state index contributed by atoms with van der Waals surface area (Å²) in [6, 6.07) is 20.4. The van der Waals surface area contributed by atoms with Gasteiger partial charge in [-0.25, -0.2) is 0 Å². The average molecular weight is 265 g/mol. The fourth-order valence-corrected chi connectivity index (χ4v) is 3.18. The third-order valence-corrected chi connectivity index (χ3v) is 4.29. The molecule has 0 radical (unpaired) electrons. The third kappa shape index (κ3) is 2.06. The van der Waals surface area contributed by atoms with Gasteiger partial charge in [-0.1, -0.05) is 60.7 Å². The Labute approximate surface area is 120 Å². The Morgan fingerprint density at radius 3 is 1.85 bits per heavy atom. The predicted molar refractivity (Wildman–Crippen MR) is 80.8 cm³/mol. The molecule has 1 aliphatic rings. The minimum atomic E-state index is -0.477. The van der Waals surface area contributed by atoms with Gasteiger partial charge in [0, 0.05) is 0 Å². The zero-order chi connectivity index (χ0) is 14.0. The number of likely N-dealkylation sites (N-methyl/N-ethyl adjacent to an activating group) is 1. The Morgan fingerprint density at radius 1 is 0.900 bits per heavy atom. The Balaban J connectivity index is 2.16. The summed E-state index contributed by atoms with van der Waals surface area (Å²) in [5.41, 5.74) is 1.75.